The molecule has 0 spiro atoms. The summed E-state index contributed by atoms with van der Waals surface area (Å²) in [7, 11) is 0. The minimum absolute atomic E-state index is 0.0874. The van der Waals surface area contributed by atoms with Gasteiger partial charge in [-0.15, -0.1) is 11.6 Å². The zero-order chi connectivity index (χ0) is 21.7. The summed E-state index contributed by atoms with van der Waals surface area (Å²) in [5.74, 6) is -2.53. The van der Waals surface area contributed by atoms with Crippen LogP contribution < -0.4 is 5.32 Å². The molecule has 3 rings (SSSR count). The lowest BCUT2D eigenvalue weighted by atomic mass is 9.81. The van der Waals surface area contributed by atoms with Crippen molar-refractivity contribution in [3.05, 3.63) is 41.7 Å². The first-order valence-corrected chi connectivity index (χ1v) is 10.4. The van der Waals surface area contributed by atoms with Gasteiger partial charge < -0.3 is 15.7 Å². The Labute approximate surface area is 178 Å². The molecule has 7 nitrogen and oxygen atoms in total. The van der Waals surface area contributed by atoms with Gasteiger partial charge in [0.15, 0.2) is 0 Å². The molecule has 1 saturated carbocycles. The van der Waals surface area contributed by atoms with E-state index in [0.29, 0.717) is 36.6 Å². The number of aromatic amines is 1. The predicted molar refractivity (Wildman–Crippen MR) is 111 cm³/mol. The fraction of sp³-hybridized carbons (Fsp3) is 0.500. The monoisotopic (exact) mass is 438 g/mol. The zero-order valence-electron chi connectivity index (χ0n) is 16.7. The van der Waals surface area contributed by atoms with Crippen molar-refractivity contribution in [2.24, 2.45) is 5.92 Å². The van der Waals surface area contributed by atoms with Gasteiger partial charge in [-0.1, -0.05) is 0 Å². The SMILES string of the molecule is CCn1nccc1C(=O)N[C@H](c1cnc(/C=C\C(=N)CCl)[nH]1)C1CCC(F)(F)CC1. The summed E-state index contributed by atoms with van der Waals surface area (Å²) in [6, 6.07) is 1.14. The first-order chi connectivity index (χ1) is 14.3. The molecule has 2 aromatic rings. The molecule has 1 amide bonds. The number of carbonyl (C=O) groups is 1. The van der Waals surface area contributed by atoms with Crippen LogP contribution in [0, 0.1) is 11.3 Å². The number of carbonyl (C=O) groups excluding carboxylic acids is 1. The van der Waals surface area contributed by atoms with Gasteiger partial charge in [0.1, 0.15) is 11.5 Å². The van der Waals surface area contributed by atoms with Crippen LogP contribution in [0.15, 0.2) is 24.5 Å². The Morgan fingerprint density at radius 3 is 2.90 bits per heavy atom. The molecule has 1 aliphatic carbocycles. The number of aryl methyl sites for hydroxylation is 1. The van der Waals surface area contributed by atoms with Gasteiger partial charge in [-0.2, -0.15) is 5.10 Å². The number of imidazole rings is 1. The van der Waals surface area contributed by atoms with Crippen LogP contribution in [0.2, 0.25) is 0 Å². The third-order valence-corrected chi connectivity index (χ3v) is 5.59. The highest BCUT2D eigenvalue weighted by Crippen LogP contribution is 2.41. The van der Waals surface area contributed by atoms with Gasteiger partial charge in [-0.25, -0.2) is 13.8 Å². The zero-order valence-corrected chi connectivity index (χ0v) is 17.4. The second kappa shape index (κ2) is 9.51. The topological polar surface area (TPSA) is 99.4 Å². The Morgan fingerprint density at radius 1 is 1.50 bits per heavy atom. The number of nitrogens with zero attached hydrogens (tertiary/aromatic N) is 3. The molecule has 2 heterocycles. The molecule has 30 heavy (non-hydrogen) atoms. The molecule has 0 unspecified atom stereocenters. The van der Waals surface area contributed by atoms with E-state index in [4.69, 9.17) is 17.0 Å². The summed E-state index contributed by atoms with van der Waals surface area (Å²) in [4.78, 5) is 20.3. The Hall–Kier alpha value is -2.55. The number of rotatable bonds is 8. The van der Waals surface area contributed by atoms with E-state index in [1.807, 2.05) is 6.92 Å². The molecule has 1 atom stereocenters. The Morgan fingerprint density at radius 2 is 2.23 bits per heavy atom. The van der Waals surface area contributed by atoms with Crippen molar-refractivity contribution in [1.82, 2.24) is 25.1 Å². The van der Waals surface area contributed by atoms with Crippen LogP contribution in [0.25, 0.3) is 6.08 Å². The van der Waals surface area contributed by atoms with Crippen molar-refractivity contribution in [2.75, 3.05) is 5.88 Å². The number of allylic oxidation sites excluding steroid dienone is 1. The number of hydrogen-bond donors (Lipinski definition) is 3. The van der Waals surface area contributed by atoms with Crippen molar-refractivity contribution in [3.8, 4) is 0 Å². The van der Waals surface area contributed by atoms with Crippen molar-refractivity contribution in [2.45, 2.75) is 51.1 Å². The highest BCUT2D eigenvalue weighted by atomic mass is 35.5. The Bertz CT molecular complexity index is 912. The molecule has 0 aliphatic heterocycles. The smallest absolute Gasteiger partial charge is 0.270 e. The molecular formula is C20H25ClF2N6O. The molecular weight excluding hydrogens is 414 g/mol. The van der Waals surface area contributed by atoms with E-state index < -0.39 is 12.0 Å². The fourth-order valence-electron chi connectivity index (χ4n) is 3.66. The van der Waals surface area contributed by atoms with E-state index in [1.54, 1.807) is 29.2 Å². The van der Waals surface area contributed by atoms with Gasteiger partial charge in [0.05, 0.1) is 23.8 Å². The Balaban J connectivity index is 1.83. The van der Waals surface area contributed by atoms with Crippen LogP contribution in [-0.4, -0.2) is 43.2 Å². The number of amides is 1. The summed E-state index contributed by atoms with van der Waals surface area (Å²) in [5.41, 5.74) is 1.29. The highest BCUT2D eigenvalue weighted by molar-refractivity contribution is 6.30. The van der Waals surface area contributed by atoms with Crippen LogP contribution >= 0.6 is 11.6 Å². The Kier molecular flexibility index (Phi) is 7.02. The molecule has 1 fully saturated rings. The highest BCUT2D eigenvalue weighted by Gasteiger charge is 2.39. The number of halogens is 3. The molecule has 2 aromatic heterocycles. The lowest BCUT2D eigenvalue weighted by Crippen LogP contribution is -2.38. The van der Waals surface area contributed by atoms with Gasteiger partial charge in [0.2, 0.25) is 5.92 Å². The number of aromatic nitrogens is 4. The second-order valence-electron chi connectivity index (χ2n) is 7.39. The number of H-pyrrole nitrogens is 1. The van der Waals surface area contributed by atoms with Crippen molar-refractivity contribution in [3.63, 3.8) is 0 Å². The maximum Gasteiger partial charge on any atom is 0.270 e. The van der Waals surface area contributed by atoms with Gasteiger partial charge in [-0.3, -0.25) is 9.48 Å². The van der Waals surface area contributed by atoms with Crippen LogP contribution in [0.5, 0.6) is 0 Å². The summed E-state index contributed by atoms with van der Waals surface area (Å²) < 4.78 is 28.9. The second-order valence-corrected chi connectivity index (χ2v) is 7.66. The lowest BCUT2D eigenvalue weighted by Gasteiger charge is -2.33. The summed E-state index contributed by atoms with van der Waals surface area (Å²) in [5, 5.41) is 14.7. The standard InChI is InChI=1S/C20H25ClF2N6O/c1-2-29-16(7-10-26-29)19(30)28-18(13-5-8-20(22,23)9-6-13)15-12-25-17(27-15)4-3-14(24)11-21/h3-4,7,10,12-13,18,24H,2,5-6,8-9,11H2,1H3,(H,25,27)(H,28,30)/b4-3-,24-14?/t18-/m0/s1. The number of hydrogen-bond acceptors (Lipinski definition) is 4. The molecule has 0 radical (unpaired) electrons. The molecule has 162 valence electrons. The van der Waals surface area contributed by atoms with Gasteiger partial charge in [0.25, 0.3) is 5.91 Å². The minimum atomic E-state index is -2.66. The lowest BCUT2D eigenvalue weighted by molar-refractivity contribution is -0.0495. The van der Waals surface area contributed by atoms with Crippen LogP contribution in [0.3, 0.4) is 0 Å². The van der Waals surface area contributed by atoms with E-state index in [2.05, 4.69) is 20.4 Å². The summed E-state index contributed by atoms with van der Waals surface area (Å²) in [6.07, 6.45) is 6.49. The van der Waals surface area contributed by atoms with E-state index in [0.717, 1.165) is 0 Å². The number of alkyl halides is 3. The van der Waals surface area contributed by atoms with Crippen LogP contribution in [-0.2, 0) is 6.54 Å². The van der Waals surface area contributed by atoms with Crippen LogP contribution in [0.4, 0.5) is 8.78 Å². The van der Waals surface area contributed by atoms with E-state index in [-0.39, 0.29) is 36.3 Å². The average Bonchev–Trinajstić information content (AvgIpc) is 3.39. The molecule has 3 N–H and O–H groups in total. The summed E-state index contributed by atoms with van der Waals surface area (Å²) in [6.45, 7) is 2.43. The molecule has 0 aromatic carbocycles. The van der Waals surface area contributed by atoms with E-state index >= 15 is 0 Å². The minimum Gasteiger partial charge on any atom is -0.342 e. The third-order valence-electron chi connectivity index (χ3n) is 5.31. The average molecular weight is 439 g/mol. The first-order valence-electron chi connectivity index (χ1n) is 9.90. The normalized spacial score (nSPS) is 17.9. The number of nitrogens with one attached hydrogen (secondary N) is 3. The van der Waals surface area contributed by atoms with E-state index in [9.17, 15) is 13.6 Å². The van der Waals surface area contributed by atoms with Crippen molar-refractivity contribution >= 4 is 29.3 Å². The largest absolute Gasteiger partial charge is 0.342 e. The molecule has 0 bridgehead atoms. The van der Waals surface area contributed by atoms with Gasteiger partial charge in [0, 0.05) is 31.3 Å². The molecule has 1 aliphatic rings. The molecule has 0 saturated heterocycles. The quantitative estimate of drug-likeness (QED) is 0.425. The fourth-order valence-corrected chi connectivity index (χ4v) is 3.75. The maximum atomic E-state index is 13.7. The van der Waals surface area contributed by atoms with E-state index in [1.165, 1.54) is 6.08 Å². The predicted octanol–water partition coefficient (Wildman–Crippen LogP) is 4.19. The van der Waals surface area contributed by atoms with Gasteiger partial charge in [-0.05, 0) is 43.9 Å². The van der Waals surface area contributed by atoms with Gasteiger partial charge >= 0.3 is 0 Å². The summed E-state index contributed by atoms with van der Waals surface area (Å²) >= 11 is 5.61. The van der Waals surface area contributed by atoms with Crippen LogP contribution in [0.1, 0.15) is 60.7 Å². The third kappa shape index (κ3) is 5.33. The maximum absolute atomic E-state index is 13.7. The molecule has 10 heteroatoms. The van der Waals surface area contributed by atoms with Crippen molar-refractivity contribution in [1.29, 1.82) is 5.41 Å². The van der Waals surface area contributed by atoms with Crippen molar-refractivity contribution < 1.29 is 13.6 Å². The first kappa shape index (κ1) is 22.1.